The highest BCUT2D eigenvalue weighted by Gasteiger charge is 2.28. The zero-order valence-electron chi connectivity index (χ0n) is 28.2. The van der Waals surface area contributed by atoms with Gasteiger partial charge in [0.2, 0.25) is 0 Å². The predicted molar refractivity (Wildman–Crippen MR) is 171 cm³/mol. The lowest BCUT2D eigenvalue weighted by Crippen LogP contribution is -2.34. The van der Waals surface area contributed by atoms with Gasteiger partial charge in [-0.2, -0.15) is 0 Å². The molecule has 4 fully saturated rings. The van der Waals surface area contributed by atoms with Gasteiger partial charge in [-0.3, -0.25) is 0 Å². The summed E-state index contributed by atoms with van der Waals surface area (Å²) in [5.74, 6) is 3.68. The summed E-state index contributed by atoms with van der Waals surface area (Å²) in [4.78, 5) is 0. The van der Waals surface area contributed by atoms with Crippen molar-refractivity contribution < 1.29 is 0 Å². The number of hydrogen-bond donors (Lipinski definition) is 4. The van der Waals surface area contributed by atoms with Crippen LogP contribution < -0.4 is 21.3 Å². The van der Waals surface area contributed by atoms with Gasteiger partial charge in [-0.05, 0) is 136 Å². The molecule has 2 atom stereocenters. The van der Waals surface area contributed by atoms with Gasteiger partial charge < -0.3 is 21.3 Å². The van der Waals surface area contributed by atoms with E-state index in [9.17, 15) is 0 Å². The van der Waals surface area contributed by atoms with E-state index in [1.165, 1.54) is 90.9 Å². The Morgan fingerprint density at radius 3 is 0.658 bits per heavy atom. The van der Waals surface area contributed by atoms with Crippen molar-refractivity contribution in [3.8, 4) is 0 Å². The first-order valence-electron chi connectivity index (χ1n) is 16.2. The fourth-order valence-electron chi connectivity index (χ4n) is 6.16. The molecule has 0 spiro atoms. The van der Waals surface area contributed by atoms with E-state index in [1.54, 1.807) is 0 Å². The van der Waals surface area contributed by atoms with Gasteiger partial charge >= 0.3 is 0 Å². The van der Waals surface area contributed by atoms with Crippen LogP contribution in [0.1, 0.15) is 122 Å². The van der Waals surface area contributed by atoms with E-state index < -0.39 is 0 Å². The second kappa shape index (κ2) is 16.3. The summed E-state index contributed by atoms with van der Waals surface area (Å²) in [6, 6.07) is 0. The van der Waals surface area contributed by atoms with Crippen LogP contribution in [0.15, 0.2) is 0 Å². The first-order chi connectivity index (χ1) is 17.4. The van der Waals surface area contributed by atoms with Crippen molar-refractivity contribution in [1.82, 2.24) is 21.3 Å². The molecular formula is C34H72N4. The fourth-order valence-corrected chi connectivity index (χ4v) is 6.16. The zero-order valence-corrected chi connectivity index (χ0v) is 28.2. The van der Waals surface area contributed by atoms with Crippen molar-refractivity contribution >= 4 is 0 Å². The van der Waals surface area contributed by atoms with E-state index >= 15 is 0 Å². The highest BCUT2D eigenvalue weighted by molar-refractivity contribution is 4.82. The monoisotopic (exact) mass is 537 g/mol. The van der Waals surface area contributed by atoms with Crippen LogP contribution in [-0.4, -0.2) is 52.4 Å². The molecule has 4 aliphatic heterocycles. The molecule has 4 saturated heterocycles. The Bertz CT molecular complexity index is 524. The first kappa shape index (κ1) is 35.9. The smallest absolute Gasteiger partial charge is 0.00150 e. The van der Waals surface area contributed by atoms with Crippen LogP contribution in [0.3, 0.4) is 0 Å². The van der Waals surface area contributed by atoms with E-state index in [0.29, 0.717) is 21.7 Å². The summed E-state index contributed by atoms with van der Waals surface area (Å²) < 4.78 is 0. The van der Waals surface area contributed by atoms with Crippen molar-refractivity contribution in [3.63, 3.8) is 0 Å². The van der Waals surface area contributed by atoms with Gasteiger partial charge in [0, 0.05) is 0 Å². The molecule has 4 heteroatoms. The average Bonchev–Trinajstić information content (AvgIpc) is 3.55. The van der Waals surface area contributed by atoms with Gasteiger partial charge in [0.25, 0.3) is 0 Å². The van der Waals surface area contributed by atoms with E-state index in [1.807, 2.05) is 0 Å². The summed E-state index contributed by atoms with van der Waals surface area (Å²) >= 11 is 0. The number of rotatable bonds is 0. The SMILES string of the molecule is CC(C)(C)C1CCNCC1.CC(C)(C)C1CCNCC1.CC(C)(C)[C@@H]1CCNC1.CC(C)(C)[C@H]1CCNC1. The molecule has 0 aliphatic carbocycles. The zero-order chi connectivity index (χ0) is 29.0. The van der Waals surface area contributed by atoms with Crippen LogP contribution in [0.4, 0.5) is 0 Å². The van der Waals surface area contributed by atoms with E-state index in [0.717, 1.165) is 23.7 Å². The third-order valence-electron chi connectivity index (χ3n) is 9.70. The van der Waals surface area contributed by atoms with Crippen molar-refractivity contribution in [3.05, 3.63) is 0 Å². The van der Waals surface area contributed by atoms with Gasteiger partial charge in [-0.1, -0.05) is 83.1 Å². The summed E-state index contributed by atoms with van der Waals surface area (Å²) in [6.07, 6.45) is 8.19. The fraction of sp³-hybridized carbons (Fsp3) is 1.00. The van der Waals surface area contributed by atoms with Crippen molar-refractivity contribution in [1.29, 1.82) is 0 Å². The number of hydrogen-bond acceptors (Lipinski definition) is 4. The van der Waals surface area contributed by atoms with Gasteiger partial charge in [-0.15, -0.1) is 0 Å². The standard InChI is InChI=1S/2C9H19N.2C8H17N/c2*1-9(2,3)8-4-6-10-7-5-8;2*1-8(2,3)7-4-5-9-6-7/h2*8,10H,4-7H2,1-3H3;2*7,9H,4-6H2,1-3H3/t;;2*7-/m..10/s1. The van der Waals surface area contributed by atoms with Crippen molar-refractivity contribution in [2.45, 2.75) is 122 Å². The van der Waals surface area contributed by atoms with E-state index in [4.69, 9.17) is 0 Å². The van der Waals surface area contributed by atoms with Crippen LogP contribution in [0.5, 0.6) is 0 Å². The van der Waals surface area contributed by atoms with Crippen molar-refractivity contribution in [2.75, 3.05) is 52.4 Å². The molecule has 4 rings (SSSR count). The molecular weight excluding hydrogens is 464 g/mol. The molecule has 0 amide bonds. The summed E-state index contributed by atoms with van der Waals surface area (Å²) in [6.45, 7) is 37.8. The number of piperidine rings is 2. The molecule has 0 unspecified atom stereocenters. The number of nitrogens with one attached hydrogen (secondary N) is 4. The minimum absolute atomic E-state index is 0.517. The lowest BCUT2D eigenvalue weighted by atomic mass is 9.76. The van der Waals surface area contributed by atoms with Crippen LogP contribution >= 0.6 is 0 Å². The molecule has 4 heterocycles. The van der Waals surface area contributed by atoms with Gasteiger partial charge in [0.1, 0.15) is 0 Å². The maximum atomic E-state index is 3.39. The summed E-state index contributed by atoms with van der Waals surface area (Å²) in [5.41, 5.74) is 2.09. The lowest BCUT2D eigenvalue weighted by Gasteiger charge is -2.34. The molecule has 4 aliphatic rings. The summed E-state index contributed by atoms with van der Waals surface area (Å²) in [7, 11) is 0. The quantitative estimate of drug-likeness (QED) is 0.261. The minimum atomic E-state index is 0.517. The predicted octanol–water partition coefficient (Wildman–Crippen LogP) is 7.35. The third-order valence-corrected chi connectivity index (χ3v) is 9.70. The largest absolute Gasteiger partial charge is 0.317 e. The molecule has 0 aromatic rings. The van der Waals surface area contributed by atoms with Crippen LogP contribution in [0.2, 0.25) is 0 Å². The summed E-state index contributed by atoms with van der Waals surface area (Å²) in [5, 5.41) is 13.5. The maximum Gasteiger partial charge on any atom is -0.00150 e. The Hall–Kier alpha value is -0.160. The van der Waals surface area contributed by atoms with Gasteiger partial charge in [0.05, 0.1) is 0 Å². The van der Waals surface area contributed by atoms with E-state index in [-0.39, 0.29) is 0 Å². The second-order valence-corrected chi connectivity index (χ2v) is 16.9. The van der Waals surface area contributed by atoms with Crippen LogP contribution in [-0.2, 0) is 0 Å². The Labute approximate surface area is 240 Å². The average molecular weight is 537 g/mol. The Morgan fingerprint density at radius 1 is 0.316 bits per heavy atom. The van der Waals surface area contributed by atoms with Gasteiger partial charge in [-0.25, -0.2) is 0 Å². The topological polar surface area (TPSA) is 48.1 Å². The van der Waals surface area contributed by atoms with E-state index in [2.05, 4.69) is 104 Å². The maximum absolute atomic E-state index is 3.39. The third kappa shape index (κ3) is 15.0. The highest BCUT2D eigenvalue weighted by atomic mass is 14.9. The molecule has 38 heavy (non-hydrogen) atoms. The van der Waals surface area contributed by atoms with Gasteiger partial charge in [0.15, 0.2) is 0 Å². The molecule has 0 saturated carbocycles. The Kier molecular flexibility index (Phi) is 15.4. The molecule has 0 radical (unpaired) electrons. The molecule has 0 aromatic heterocycles. The molecule has 0 bridgehead atoms. The molecule has 0 aromatic carbocycles. The second-order valence-electron chi connectivity index (χ2n) is 16.9. The van der Waals surface area contributed by atoms with Crippen molar-refractivity contribution in [2.24, 2.45) is 45.3 Å². The van der Waals surface area contributed by atoms with Crippen LogP contribution in [0, 0.1) is 45.3 Å². The molecule has 4 N–H and O–H groups in total. The Morgan fingerprint density at radius 2 is 0.526 bits per heavy atom. The molecule has 228 valence electrons. The minimum Gasteiger partial charge on any atom is -0.317 e. The lowest BCUT2D eigenvalue weighted by molar-refractivity contribution is 0.188. The Balaban J connectivity index is 0.000000254. The first-order valence-corrected chi connectivity index (χ1v) is 16.2. The molecule has 4 nitrogen and oxygen atoms in total. The van der Waals surface area contributed by atoms with Crippen LogP contribution in [0.25, 0.3) is 0 Å². The normalized spacial score (nSPS) is 25.9. The highest BCUT2D eigenvalue weighted by Crippen LogP contribution is 2.33.